The number of thiophene rings is 1. The van der Waals surface area contributed by atoms with Crippen LogP contribution in [0.25, 0.3) is 5.57 Å². The van der Waals surface area contributed by atoms with Gasteiger partial charge in [-0.3, -0.25) is 9.59 Å². The summed E-state index contributed by atoms with van der Waals surface area (Å²) in [5, 5.41) is 1.95. The number of anilines is 2. The smallest absolute Gasteiger partial charge is 0.282 e. The van der Waals surface area contributed by atoms with Gasteiger partial charge in [0.15, 0.2) is 0 Å². The van der Waals surface area contributed by atoms with Gasteiger partial charge in [-0.25, -0.2) is 4.90 Å². The molecule has 1 aromatic heterocycles. The molecule has 0 unspecified atom stereocenters. The number of nitrogens with zero attached hydrogens (tertiary/aromatic N) is 2. The number of rotatable bonds is 3. The first-order chi connectivity index (χ1) is 14.5. The Kier molecular flexibility index (Phi) is 4.55. The zero-order valence-corrected chi connectivity index (χ0v) is 17.8. The summed E-state index contributed by atoms with van der Waals surface area (Å²) in [5.74, 6) is -0.490. The summed E-state index contributed by atoms with van der Waals surface area (Å²) < 4.78 is 0. The van der Waals surface area contributed by atoms with Crippen molar-refractivity contribution in [1.29, 1.82) is 0 Å². The van der Waals surface area contributed by atoms with Crippen molar-refractivity contribution in [2.45, 2.75) is 26.7 Å². The van der Waals surface area contributed by atoms with E-state index in [1.807, 2.05) is 67.8 Å². The second-order valence-electron chi connectivity index (χ2n) is 7.88. The van der Waals surface area contributed by atoms with Crippen LogP contribution in [-0.4, -0.2) is 18.4 Å². The Morgan fingerprint density at radius 2 is 1.67 bits per heavy atom. The fourth-order valence-corrected chi connectivity index (χ4v) is 5.25. The van der Waals surface area contributed by atoms with E-state index in [9.17, 15) is 9.59 Å². The summed E-state index contributed by atoms with van der Waals surface area (Å²) in [7, 11) is 0. The van der Waals surface area contributed by atoms with Gasteiger partial charge in [0, 0.05) is 17.1 Å². The molecule has 3 heterocycles. The fourth-order valence-electron chi connectivity index (χ4n) is 4.49. The maximum Gasteiger partial charge on any atom is 0.282 e. The summed E-state index contributed by atoms with van der Waals surface area (Å²) in [6.45, 7) is 4.69. The number of carbonyl (C=O) groups excluding carboxylic acids is 2. The first-order valence-electron chi connectivity index (χ1n) is 10.2. The molecule has 3 aromatic rings. The SMILES string of the molecule is Cc1cc(C)cc(N2C(=O)C(c3cccs3)=C(N3CCCc4ccccc43)C2=O)c1. The van der Waals surface area contributed by atoms with E-state index in [2.05, 4.69) is 11.0 Å². The highest BCUT2D eigenvalue weighted by Crippen LogP contribution is 2.40. The van der Waals surface area contributed by atoms with Crippen LogP contribution in [0.5, 0.6) is 0 Å². The molecule has 2 aromatic carbocycles. The second kappa shape index (κ2) is 7.26. The average Bonchev–Trinajstić information content (AvgIpc) is 3.33. The number of amides is 2. The molecule has 30 heavy (non-hydrogen) atoms. The van der Waals surface area contributed by atoms with Gasteiger partial charge < -0.3 is 4.90 Å². The largest absolute Gasteiger partial charge is 0.336 e. The fraction of sp³-hybridized carbons (Fsp3) is 0.200. The molecule has 0 saturated carbocycles. The molecule has 0 aliphatic carbocycles. The predicted molar refractivity (Wildman–Crippen MR) is 122 cm³/mol. The minimum absolute atomic E-state index is 0.245. The van der Waals surface area contributed by atoms with Gasteiger partial charge in [0.2, 0.25) is 0 Å². The molecule has 2 aliphatic heterocycles. The van der Waals surface area contributed by atoms with Crippen molar-refractivity contribution in [3.63, 3.8) is 0 Å². The van der Waals surface area contributed by atoms with Gasteiger partial charge in [0.25, 0.3) is 11.8 Å². The van der Waals surface area contributed by atoms with Crippen LogP contribution in [0.4, 0.5) is 11.4 Å². The Morgan fingerprint density at radius 1 is 0.900 bits per heavy atom. The summed E-state index contributed by atoms with van der Waals surface area (Å²) >= 11 is 1.49. The molecule has 150 valence electrons. The van der Waals surface area contributed by atoms with Crippen molar-refractivity contribution in [3.8, 4) is 0 Å². The first-order valence-corrected chi connectivity index (χ1v) is 11.0. The minimum Gasteiger partial charge on any atom is -0.336 e. The highest BCUT2D eigenvalue weighted by Gasteiger charge is 2.44. The van der Waals surface area contributed by atoms with Crippen LogP contribution in [0, 0.1) is 13.8 Å². The van der Waals surface area contributed by atoms with Crippen molar-refractivity contribution < 1.29 is 9.59 Å². The van der Waals surface area contributed by atoms with Crippen molar-refractivity contribution in [1.82, 2.24) is 0 Å². The normalized spacial score (nSPS) is 16.5. The monoisotopic (exact) mass is 414 g/mol. The van der Waals surface area contributed by atoms with Gasteiger partial charge >= 0.3 is 0 Å². The van der Waals surface area contributed by atoms with Crippen LogP contribution in [0.2, 0.25) is 0 Å². The Bertz CT molecular complexity index is 1170. The molecular weight excluding hydrogens is 392 g/mol. The van der Waals surface area contributed by atoms with Crippen molar-refractivity contribution >= 4 is 40.1 Å². The molecule has 5 heteroatoms. The number of imide groups is 1. The van der Waals surface area contributed by atoms with E-state index in [4.69, 9.17) is 0 Å². The van der Waals surface area contributed by atoms with E-state index in [-0.39, 0.29) is 11.8 Å². The zero-order valence-electron chi connectivity index (χ0n) is 17.0. The molecule has 5 rings (SSSR count). The molecule has 4 nitrogen and oxygen atoms in total. The van der Waals surface area contributed by atoms with Crippen LogP contribution in [0.1, 0.15) is 28.0 Å². The van der Waals surface area contributed by atoms with Gasteiger partial charge in [0.1, 0.15) is 5.70 Å². The van der Waals surface area contributed by atoms with Crippen LogP contribution in [0.3, 0.4) is 0 Å². The summed E-state index contributed by atoms with van der Waals surface area (Å²) in [4.78, 5) is 31.6. The van der Waals surface area contributed by atoms with Crippen LogP contribution >= 0.6 is 11.3 Å². The quantitative estimate of drug-likeness (QED) is 0.560. The van der Waals surface area contributed by atoms with Gasteiger partial charge in [-0.05, 0) is 73.0 Å². The number of benzene rings is 2. The average molecular weight is 415 g/mol. The molecule has 0 spiro atoms. The van der Waals surface area contributed by atoms with Gasteiger partial charge in [-0.1, -0.05) is 30.3 Å². The van der Waals surface area contributed by atoms with Crippen LogP contribution in [0.15, 0.2) is 65.7 Å². The lowest BCUT2D eigenvalue weighted by Crippen LogP contribution is -2.37. The number of hydrogen-bond acceptors (Lipinski definition) is 4. The van der Waals surface area contributed by atoms with Gasteiger partial charge in [-0.2, -0.15) is 0 Å². The lowest BCUT2D eigenvalue weighted by atomic mass is 10.00. The van der Waals surface area contributed by atoms with Crippen LogP contribution < -0.4 is 9.80 Å². The van der Waals surface area contributed by atoms with E-state index in [1.165, 1.54) is 21.8 Å². The third kappa shape index (κ3) is 2.97. The summed E-state index contributed by atoms with van der Waals surface area (Å²) in [6.07, 6.45) is 1.93. The first kappa shape index (κ1) is 18.8. The topological polar surface area (TPSA) is 40.6 Å². The molecule has 0 N–H and O–H groups in total. The Balaban J connectivity index is 1.69. The van der Waals surface area contributed by atoms with Gasteiger partial charge in [0.05, 0.1) is 11.3 Å². The Morgan fingerprint density at radius 3 is 2.40 bits per heavy atom. The predicted octanol–water partition coefficient (Wildman–Crippen LogP) is 5.10. The number of aryl methyl sites for hydroxylation is 3. The maximum absolute atomic E-state index is 13.8. The molecule has 0 saturated heterocycles. The highest BCUT2D eigenvalue weighted by molar-refractivity contribution is 7.11. The van der Waals surface area contributed by atoms with Gasteiger partial charge in [-0.15, -0.1) is 11.3 Å². The van der Waals surface area contributed by atoms with E-state index in [0.29, 0.717) is 17.0 Å². The van der Waals surface area contributed by atoms with E-state index in [0.717, 1.165) is 41.1 Å². The lowest BCUT2D eigenvalue weighted by molar-refractivity contribution is -0.120. The third-order valence-electron chi connectivity index (χ3n) is 5.67. The highest BCUT2D eigenvalue weighted by atomic mass is 32.1. The standard InChI is InChI=1S/C25H22N2O2S/c1-16-13-17(2)15-19(14-16)27-24(28)22(21-10-6-12-30-21)23(25(27)29)26-11-5-8-18-7-3-4-9-20(18)26/h3-4,6-7,9-10,12-15H,5,8,11H2,1-2H3. The lowest BCUT2D eigenvalue weighted by Gasteiger charge is -2.32. The number of fused-ring (bicyclic) bond motifs is 1. The molecular formula is C25H22N2O2S. The maximum atomic E-state index is 13.8. The summed E-state index contributed by atoms with van der Waals surface area (Å²) in [5.41, 5.74) is 5.93. The third-order valence-corrected chi connectivity index (χ3v) is 6.56. The zero-order chi connectivity index (χ0) is 20.8. The summed E-state index contributed by atoms with van der Waals surface area (Å²) in [6, 6.07) is 17.9. The molecule has 0 radical (unpaired) electrons. The molecule has 2 aliphatic rings. The van der Waals surface area contributed by atoms with Crippen molar-refractivity contribution in [2.24, 2.45) is 0 Å². The van der Waals surface area contributed by atoms with Crippen molar-refractivity contribution in [3.05, 3.63) is 87.2 Å². The Hall–Kier alpha value is -3.18. The Labute approximate surface area is 180 Å². The molecule has 0 atom stereocenters. The van der Waals surface area contributed by atoms with Crippen LogP contribution in [-0.2, 0) is 16.0 Å². The molecule has 2 amide bonds. The van der Waals surface area contributed by atoms with E-state index >= 15 is 0 Å². The second-order valence-corrected chi connectivity index (χ2v) is 8.82. The minimum atomic E-state index is -0.245. The number of para-hydroxylation sites is 1. The number of hydrogen-bond donors (Lipinski definition) is 0. The number of carbonyl (C=O) groups is 2. The molecule has 0 bridgehead atoms. The van der Waals surface area contributed by atoms with E-state index in [1.54, 1.807) is 0 Å². The molecule has 0 fully saturated rings. The van der Waals surface area contributed by atoms with E-state index < -0.39 is 0 Å². The van der Waals surface area contributed by atoms with Crippen molar-refractivity contribution in [2.75, 3.05) is 16.3 Å².